The van der Waals surface area contributed by atoms with Gasteiger partial charge in [-0.15, -0.1) is 0 Å². The highest BCUT2D eigenvalue weighted by atomic mass is 16.4. The van der Waals surface area contributed by atoms with E-state index in [4.69, 9.17) is 0 Å². The van der Waals surface area contributed by atoms with Crippen molar-refractivity contribution in [2.45, 2.75) is 57.5 Å². The lowest BCUT2D eigenvalue weighted by Crippen LogP contribution is -2.27. The van der Waals surface area contributed by atoms with Gasteiger partial charge in [-0.1, -0.05) is 6.07 Å². The fourth-order valence-electron chi connectivity index (χ4n) is 4.77. The van der Waals surface area contributed by atoms with Gasteiger partial charge in [-0.05, 0) is 63.1 Å². The minimum atomic E-state index is -1.41. The van der Waals surface area contributed by atoms with Crippen molar-refractivity contribution < 1.29 is 15.0 Å². The molecule has 0 unspecified atom stereocenters. The van der Waals surface area contributed by atoms with Gasteiger partial charge in [0.1, 0.15) is 5.75 Å². The van der Waals surface area contributed by atoms with E-state index in [2.05, 4.69) is 34.9 Å². The Kier molecular flexibility index (Phi) is 4.48. The van der Waals surface area contributed by atoms with Crippen molar-refractivity contribution in [2.24, 2.45) is 7.05 Å². The molecule has 2 aromatic heterocycles. The van der Waals surface area contributed by atoms with Crippen LogP contribution in [0.25, 0.3) is 22.2 Å². The van der Waals surface area contributed by atoms with E-state index in [0.29, 0.717) is 17.7 Å². The summed E-state index contributed by atoms with van der Waals surface area (Å²) >= 11 is 0. The standard InChI is InChI=1S/C24H27N3O4/c1-24(9-10-24)25-12-13-11-17-14-5-3-4-6-16-20(15(14)7-8-18(17)27(13)2)26-22(29)19(21(16)28)23(30)31/h7-8,11,25H,3-6,9-10,12H2,1-2H3,(H,30,31)(H2,26,28,29). The molecule has 0 amide bonds. The van der Waals surface area contributed by atoms with Crippen molar-refractivity contribution in [2.75, 3.05) is 0 Å². The first-order valence-corrected chi connectivity index (χ1v) is 10.9. The lowest BCUT2D eigenvalue weighted by Gasteiger charge is -2.20. The Morgan fingerprint density at radius 1 is 1.23 bits per heavy atom. The van der Waals surface area contributed by atoms with Crippen LogP contribution < -0.4 is 10.9 Å². The molecular formula is C24H27N3O4. The van der Waals surface area contributed by atoms with Crippen LogP contribution in [0.1, 0.15) is 59.8 Å². The Balaban J connectivity index is 1.68. The predicted octanol–water partition coefficient (Wildman–Crippen LogP) is 3.46. The highest BCUT2D eigenvalue weighted by Crippen LogP contribution is 2.39. The molecule has 1 aromatic carbocycles. The number of nitrogens with one attached hydrogen (secondary N) is 2. The van der Waals surface area contributed by atoms with Crippen LogP contribution in [0.5, 0.6) is 5.75 Å². The highest BCUT2D eigenvalue weighted by Gasteiger charge is 2.36. The van der Waals surface area contributed by atoms with Gasteiger partial charge in [-0.3, -0.25) is 4.79 Å². The van der Waals surface area contributed by atoms with Crippen molar-refractivity contribution in [3.8, 4) is 17.0 Å². The van der Waals surface area contributed by atoms with Crippen LogP contribution in [0.4, 0.5) is 0 Å². The van der Waals surface area contributed by atoms with Crippen LogP contribution in [-0.2, 0) is 26.4 Å². The van der Waals surface area contributed by atoms with Crippen LogP contribution in [0, 0.1) is 0 Å². The smallest absolute Gasteiger partial charge is 0.345 e. The maximum absolute atomic E-state index is 12.5. The third-order valence-corrected chi connectivity index (χ3v) is 7.01. The number of carboxylic acid groups (broad SMARTS) is 1. The van der Waals surface area contributed by atoms with Crippen molar-refractivity contribution in [3.05, 3.63) is 50.9 Å². The second-order valence-corrected chi connectivity index (χ2v) is 9.18. The number of pyridine rings is 1. The minimum absolute atomic E-state index is 0.253. The quantitative estimate of drug-likeness (QED) is 0.516. The summed E-state index contributed by atoms with van der Waals surface area (Å²) in [4.78, 5) is 26.7. The Hall–Kier alpha value is -3.06. The molecule has 0 aliphatic heterocycles. The number of carbonyl (C=O) groups is 1. The number of aromatic hydroxyl groups is 1. The van der Waals surface area contributed by atoms with Crippen LogP contribution in [-0.4, -0.2) is 31.3 Å². The van der Waals surface area contributed by atoms with E-state index in [1.54, 1.807) is 0 Å². The first-order valence-electron chi connectivity index (χ1n) is 10.9. The van der Waals surface area contributed by atoms with Gasteiger partial charge in [-0.25, -0.2) is 4.79 Å². The Labute approximate surface area is 179 Å². The third-order valence-electron chi connectivity index (χ3n) is 7.01. The molecule has 3 aromatic rings. The zero-order valence-corrected chi connectivity index (χ0v) is 17.8. The number of nitrogens with zero attached hydrogens (tertiary/aromatic N) is 1. The van der Waals surface area contributed by atoms with E-state index >= 15 is 0 Å². The number of aromatic carboxylic acids is 1. The van der Waals surface area contributed by atoms with E-state index in [0.717, 1.165) is 47.8 Å². The van der Waals surface area contributed by atoms with Crippen molar-refractivity contribution in [3.63, 3.8) is 0 Å². The van der Waals surface area contributed by atoms with Gasteiger partial charge in [0.25, 0.3) is 5.56 Å². The second kappa shape index (κ2) is 6.99. The number of hydrogen-bond acceptors (Lipinski definition) is 4. The summed E-state index contributed by atoms with van der Waals surface area (Å²) < 4.78 is 2.21. The van der Waals surface area contributed by atoms with Crippen molar-refractivity contribution in [1.82, 2.24) is 14.9 Å². The number of H-pyrrole nitrogens is 1. The van der Waals surface area contributed by atoms with Crippen LogP contribution >= 0.6 is 0 Å². The number of hydrogen-bond donors (Lipinski definition) is 4. The number of aryl methyl sites for hydroxylation is 2. The van der Waals surface area contributed by atoms with E-state index < -0.39 is 22.8 Å². The summed E-state index contributed by atoms with van der Waals surface area (Å²) in [7, 11) is 2.07. The molecule has 0 atom stereocenters. The first kappa shape index (κ1) is 19.9. The Morgan fingerprint density at radius 3 is 2.61 bits per heavy atom. The monoisotopic (exact) mass is 421 g/mol. The molecular weight excluding hydrogens is 394 g/mol. The van der Waals surface area contributed by atoms with E-state index in [1.165, 1.54) is 18.5 Å². The maximum Gasteiger partial charge on any atom is 0.345 e. The van der Waals surface area contributed by atoms with Gasteiger partial charge in [0.15, 0.2) is 5.56 Å². The molecule has 4 N–H and O–H groups in total. The SMILES string of the molecule is Cn1c(CNC2(C)CC2)cc2c3c(ccc21)-c1[nH]c(=O)c(C(=O)O)c(O)c1CCCC3. The molecule has 7 nitrogen and oxygen atoms in total. The molecule has 2 aliphatic rings. The molecule has 1 saturated carbocycles. The number of aromatic amines is 1. The van der Waals surface area contributed by atoms with Crippen LogP contribution in [0.3, 0.4) is 0 Å². The Bertz CT molecular complexity index is 1280. The zero-order chi connectivity index (χ0) is 21.9. The van der Waals surface area contributed by atoms with Gasteiger partial charge >= 0.3 is 5.97 Å². The average molecular weight is 421 g/mol. The van der Waals surface area contributed by atoms with Gasteiger partial charge in [-0.2, -0.15) is 0 Å². The van der Waals surface area contributed by atoms with Gasteiger partial charge in [0.05, 0.1) is 5.69 Å². The minimum Gasteiger partial charge on any atom is -0.506 e. The second-order valence-electron chi connectivity index (χ2n) is 9.18. The van der Waals surface area contributed by atoms with E-state index in [9.17, 15) is 19.8 Å². The molecule has 0 radical (unpaired) electrons. The summed E-state index contributed by atoms with van der Waals surface area (Å²) in [5.74, 6) is -1.82. The number of aromatic nitrogens is 2. The molecule has 2 aliphatic carbocycles. The van der Waals surface area contributed by atoms with E-state index in [1.807, 2.05) is 12.1 Å². The lowest BCUT2D eigenvalue weighted by molar-refractivity contribution is 0.0691. The highest BCUT2D eigenvalue weighted by molar-refractivity contribution is 5.94. The van der Waals surface area contributed by atoms with Crippen molar-refractivity contribution >= 4 is 16.9 Å². The molecule has 7 heteroatoms. The molecule has 0 saturated heterocycles. The van der Waals surface area contributed by atoms with Gasteiger partial charge in [0, 0.05) is 46.9 Å². The largest absolute Gasteiger partial charge is 0.506 e. The fourth-order valence-corrected chi connectivity index (χ4v) is 4.77. The molecule has 5 rings (SSSR count). The fraction of sp³-hybridized carbons (Fsp3) is 0.417. The summed E-state index contributed by atoms with van der Waals surface area (Å²) in [5, 5.41) is 24.8. The lowest BCUT2D eigenvalue weighted by atomic mass is 9.88. The van der Waals surface area contributed by atoms with Gasteiger partial charge in [0.2, 0.25) is 0 Å². The number of rotatable bonds is 4. The third kappa shape index (κ3) is 3.24. The number of fused-ring (bicyclic) bond motifs is 5. The molecule has 162 valence electrons. The number of benzene rings is 1. The zero-order valence-electron chi connectivity index (χ0n) is 17.8. The van der Waals surface area contributed by atoms with Crippen LogP contribution in [0.2, 0.25) is 0 Å². The van der Waals surface area contributed by atoms with E-state index in [-0.39, 0.29) is 5.54 Å². The number of carboxylic acids is 1. The predicted molar refractivity (Wildman–Crippen MR) is 119 cm³/mol. The maximum atomic E-state index is 12.5. The summed E-state index contributed by atoms with van der Waals surface area (Å²) in [6.07, 6.45) is 5.53. The molecule has 0 bridgehead atoms. The molecule has 31 heavy (non-hydrogen) atoms. The molecule has 1 fully saturated rings. The normalized spacial score (nSPS) is 17.0. The summed E-state index contributed by atoms with van der Waals surface area (Å²) in [6.45, 7) is 3.04. The summed E-state index contributed by atoms with van der Waals surface area (Å²) in [5.41, 5.74) is 4.29. The first-order chi connectivity index (χ1) is 14.8. The van der Waals surface area contributed by atoms with Gasteiger partial charge < -0.3 is 25.1 Å². The average Bonchev–Trinajstić information content (AvgIpc) is 3.35. The molecule has 2 heterocycles. The van der Waals surface area contributed by atoms with Crippen LogP contribution in [0.15, 0.2) is 23.0 Å². The van der Waals surface area contributed by atoms with Crippen molar-refractivity contribution in [1.29, 1.82) is 0 Å². The summed E-state index contributed by atoms with van der Waals surface area (Å²) in [6, 6.07) is 6.25. The topological polar surface area (TPSA) is 107 Å². The molecule has 0 spiro atoms. The Morgan fingerprint density at radius 2 is 1.94 bits per heavy atom.